The number of ether oxygens (including phenoxy) is 2. The van der Waals surface area contributed by atoms with E-state index in [0.29, 0.717) is 17.9 Å². The number of nitrogens with zero attached hydrogens (tertiary/aromatic N) is 4. The van der Waals surface area contributed by atoms with Crippen LogP contribution >= 0.6 is 0 Å². The van der Waals surface area contributed by atoms with E-state index < -0.39 is 10.9 Å². The van der Waals surface area contributed by atoms with Crippen LogP contribution in [0, 0.1) is 10.1 Å². The number of methoxy groups -OCH3 is 1. The van der Waals surface area contributed by atoms with Crippen molar-refractivity contribution in [1.82, 2.24) is 9.97 Å². The zero-order valence-electron chi connectivity index (χ0n) is 15.1. The lowest BCUT2D eigenvalue weighted by Crippen LogP contribution is -2.38. The number of carbonyl (C=O) groups excluding carboxylic acids is 1. The molecule has 1 aromatic heterocycles. The number of hydrogen-bond acceptors (Lipinski definition) is 8. The molecule has 0 spiro atoms. The molecule has 0 radical (unpaired) electrons. The maximum absolute atomic E-state index is 11.7. The molecule has 1 saturated heterocycles. The SMILES string of the molecule is COC(=O)c1ccc(Oc2ncnc(N3CCCCC3C)c2[N+](=O)[O-])cc1. The molecule has 9 nitrogen and oxygen atoms in total. The van der Waals surface area contributed by atoms with Gasteiger partial charge in [0.15, 0.2) is 0 Å². The summed E-state index contributed by atoms with van der Waals surface area (Å²) < 4.78 is 10.3. The van der Waals surface area contributed by atoms with Crippen LogP contribution in [0.25, 0.3) is 0 Å². The van der Waals surface area contributed by atoms with Crippen molar-refractivity contribution in [2.24, 2.45) is 0 Å². The number of anilines is 1. The number of esters is 1. The molecule has 2 aromatic rings. The lowest BCUT2D eigenvalue weighted by molar-refractivity contribution is -0.385. The summed E-state index contributed by atoms with van der Waals surface area (Å²) in [4.78, 5) is 32.7. The lowest BCUT2D eigenvalue weighted by Gasteiger charge is -2.33. The molecule has 1 aliphatic rings. The van der Waals surface area contributed by atoms with Crippen LogP contribution < -0.4 is 9.64 Å². The van der Waals surface area contributed by atoms with E-state index in [1.165, 1.54) is 37.7 Å². The van der Waals surface area contributed by atoms with Crippen molar-refractivity contribution in [2.75, 3.05) is 18.6 Å². The van der Waals surface area contributed by atoms with Crippen molar-refractivity contribution in [3.63, 3.8) is 0 Å². The van der Waals surface area contributed by atoms with Gasteiger partial charge in [0.05, 0.1) is 17.6 Å². The number of benzene rings is 1. The highest BCUT2D eigenvalue weighted by Crippen LogP contribution is 2.38. The number of piperidine rings is 1. The van der Waals surface area contributed by atoms with E-state index in [2.05, 4.69) is 14.7 Å². The highest BCUT2D eigenvalue weighted by Gasteiger charge is 2.32. The van der Waals surface area contributed by atoms with E-state index in [1.54, 1.807) is 0 Å². The van der Waals surface area contributed by atoms with Crippen molar-refractivity contribution in [3.05, 3.63) is 46.3 Å². The van der Waals surface area contributed by atoms with Crippen LogP contribution in [0.2, 0.25) is 0 Å². The molecular formula is C18H20N4O5. The number of hydrogen-bond donors (Lipinski definition) is 0. The summed E-state index contributed by atoms with van der Waals surface area (Å²) in [5.41, 5.74) is 0.0909. The van der Waals surface area contributed by atoms with Gasteiger partial charge in [-0.25, -0.2) is 9.78 Å². The Morgan fingerprint density at radius 3 is 2.63 bits per heavy atom. The highest BCUT2D eigenvalue weighted by atomic mass is 16.6. The fraction of sp³-hybridized carbons (Fsp3) is 0.389. The topological polar surface area (TPSA) is 108 Å². The fourth-order valence-corrected chi connectivity index (χ4v) is 3.10. The van der Waals surface area contributed by atoms with Gasteiger partial charge < -0.3 is 14.4 Å². The first-order valence-electron chi connectivity index (χ1n) is 8.63. The van der Waals surface area contributed by atoms with Gasteiger partial charge in [-0.3, -0.25) is 10.1 Å². The van der Waals surface area contributed by atoms with Crippen molar-refractivity contribution < 1.29 is 19.2 Å². The molecule has 9 heteroatoms. The van der Waals surface area contributed by atoms with Crippen LogP contribution in [-0.2, 0) is 4.74 Å². The van der Waals surface area contributed by atoms with Gasteiger partial charge in [0.1, 0.15) is 12.1 Å². The van der Waals surface area contributed by atoms with Gasteiger partial charge in [0.2, 0.25) is 5.82 Å². The molecule has 1 aromatic carbocycles. The van der Waals surface area contributed by atoms with Crippen LogP contribution in [-0.4, -0.2) is 40.6 Å². The minimum absolute atomic E-state index is 0.131. The third kappa shape index (κ3) is 3.97. The number of nitro groups is 1. The van der Waals surface area contributed by atoms with E-state index in [1.807, 2.05) is 11.8 Å². The van der Waals surface area contributed by atoms with Crippen molar-refractivity contribution >= 4 is 17.5 Å². The second-order valence-corrected chi connectivity index (χ2v) is 6.26. The van der Waals surface area contributed by atoms with E-state index >= 15 is 0 Å². The third-order valence-electron chi connectivity index (χ3n) is 4.52. The van der Waals surface area contributed by atoms with Gasteiger partial charge in [0.25, 0.3) is 0 Å². The summed E-state index contributed by atoms with van der Waals surface area (Å²) in [6.07, 6.45) is 4.26. The Morgan fingerprint density at radius 2 is 2.00 bits per heavy atom. The Balaban J connectivity index is 1.92. The van der Waals surface area contributed by atoms with Gasteiger partial charge in [-0.05, 0) is 50.5 Å². The monoisotopic (exact) mass is 372 g/mol. The maximum Gasteiger partial charge on any atom is 0.373 e. The molecule has 142 valence electrons. The number of carbonyl (C=O) groups is 1. The van der Waals surface area contributed by atoms with Crippen LogP contribution in [0.1, 0.15) is 36.5 Å². The second kappa shape index (κ2) is 7.98. The largest absolute Gasteiger partial charge is 0.465 e. The molecule has 0 amide bonds. The Morgan fingerprint density at radius 1 is 1.26 bits per heavy atom. The number of aromatic nitrogens is 2. The first-order chi connectivity index (χ1) is 13.0. The molecular weight excluding hydrogens is 352 g/mol. The van der Waals surface area contributed by atoms with Crippen molar-refractivity contribution in [1.29, 1.82) is 0 Å². The predicted octanol–water partition coefficient (Wildman–Crippen LogP) is 3.34. The molecule has 0 aliphatic carbocycles. The molecule has 2 heterocycles. The summed E-state index contributed by atoms with van der Waals surface area (Å²) in [6.45, 7) is 2.73. The minimum atomic E-state index is -0.519. The van der Waals surface area contributed by atoms with Crippen molar-refractivity contribution in [2.45, 2.75) is 32.2 Å². The Kier molecular flexibility index (Phi) is 5.49. The Bertz CT molecular complexity index is 840. The van der Waals surface area contributed by atoms with E-state index in [9.17, 15) is 14.9 Å². The zero-order chi connectivity index (χ0) is 19.4. The van der Waals surface area contributed by atoms with E-state index in [4.69, 9.17) is 4.74 Å². The van der Waals surface area contributed by atoms with Gasteiger partial charge in [-0.2, -0.15) is 4.98 Å². The van der Waals surface area contributed by atoms with Crippen LogP contribution in [0.5, 0.6) is 11.6 Å². The average Bonchev–Trinajstić information content (AvgIpc) is 2.68. The van der Waals surface area contributed by atoms with Gasteiger partial charge in [0, 0.05) is 12.6 Å². The Hall–Kier alpha value is -3.23. The van der Waals surface area contributed by atoms with E-state index in [-0.39, 0.29) is 23.4 Å². The lowest BCUT2D eigenvalue weighted by atomic mass is 10.0. The Labute approximate surface area is 156 Å². The number of rotatable bonds is 5. The normalized spacial score (nSPS) is 16.7. The smallest absolute Gasteiger partial charge is 0.373 e. The standard InChI is InChI=1S/C18H20N4O5/c1-12-5-3-4-10-21(12)16-15(22(24)25)17(20-11-19-16)27-14-8-6-13(7-9-14)18(23)26-2/h6-9,11-12H,3-5,10H2,1-2H3. The molecule has 0 bridgehead atoms. The average molecular weight is 372 g/mol. The van der Waals surface area contributed by atoms with Crippen molar-refractivity contribution in [3.8, 4) is 11.6 Å². The highest BCUT2D eigenvalue weighted by molar-refractivity contribution is 5.89. The first kappa shape index (κ1) is 18.6. The molecule has 1 atom stereocenters. The molecule has 0 N–H and O–H groups in total. The summed E-state index contributed by atoms with van der Waals surface area (Å²) in [5.74, 6) is -0.0185. The quantitative estimate of drug-likeness (QED) is 0.447. The van der Waals surface area contributed by atoms with Gasteiger partial charge in [-0.1, -0.05) is 0 Å². The molecule has 27 heavy (non-hydrogen) atoms. The summed E-state index contributed by atoms with van der Waals surface area (Å²) in [7, 11) is 1.29. The summed E-state index contributed by atoms with van der Waals surface area (Å²) in [5, 5.41) is 11.7. The van der Waals surface area contributed by atoms with Gasteiger partial charge in [-0.15, -0.1) is 0 Å². The molecule has 1 unspecified atom stereocenters. The minimum Gasteiger partial charge on any atom is -0.465 e. The zero-order valence-corrected chi connectivity index (χ0v) is 15.1. The second-order valence-electron chi connectivity index (χ2n) is 6.26. The molecule has 1 fully saturated rings. The third-order valence-corrected chi connectivity index (χ3v) is 4.52. The summed E-state index contributed by atoms with van der Waals surface area (Å²) in [6, 6.07) is 6.24. The maximum atomic E-state index is 11.7. The molecule has 0 saturated carbocycles. The summed E-state index contributed by atoms with van der Waals surface area (Å²) >= 11 is 0. The first-order valence-corrected chi connectivity index (χ1v) is 8.63. The molecule has 1 aliphatic heterocycles. The van der Waals surface area contributed by atoms with Crippen LogP contribution in [0.4, 0.5) is 11.5 Å². The van der Waals surface area contributed by atoms with E-state index in [0.717, 1.165) is 19.3 Å². The molecule has 3 rings (SSSR count). The van der Waals surface area contributed by atoms with Gasteiger partial charge >= 0.3 is 17.5 Å². The van der Waals surface area contributed by atoms with Crippen LogP contribution in [0.3, 0.4) is 0 Å². The van der Waals surface area contributed by atoms with Crippen LogP contribution in [0.15, 0.2) is 30.6 Å². The fourth-order valence-electron chi connectivity index (χ4n) is 3.10. The predicted molar refractivity (Wildman–Crippen MR) is 97.2 cm³/mol.